The Labute approximate surface area is 94.3 Å². The van der Waals surface area contributed by atoms with E-state index in [0.29, 0.717) is 18.3 Å². The van der Waals surface area contributed by atoms with Gasteiger partial charge in [0.2, 0.25) is 0 Å². The second kappa shape index (κ2) is 3.82. The molecule has 88 valence electrons. The first-order valence-corrected chi connectivity index (χ1v) is 5.96. The lowest BCUT2D eigenvalue weighted by Gasteiger charge is -2.34. The Morgan fingerprint density at radius 3 is 2.88 bits per heavy atom. The fourth-order valence-electron chi connectivity index (χ4n) is 1.89. The van der Waals surface area contributed by atoms with Gasteiger partial charge >= 0.3 is 0 Å². The lowest BCUT2D eigenvalue weighted by atomic mass is 9.77. The normalized spacial score (nSPS) is 23.1. The van der Waals surface area contributed by atoms with Crippen LogP contribution in [0.3, 0.4) is 0 Å². The van der Waals surface area contributed by atoms with Gasteiger partial charge in [0.25, 0.3) is 5.89 Å². The van der Waals surface area contributed by atoms with Crippen molar-refractivity contribution in [1.29, 1.82) is 0 Å². The Kier molecular flexibility index (Phi) is 2.44. The topological polar surface area (TPSA) is 74.2 Å². The zero-order valence-corrected chi connectivity index (χ0v) is 9.32. The lowest BCUT2D eigenvalue weighted by molar-refractivity contribution is 0.0894. The van der Waals surface area contributed by atoms with Gasteiger partial charge in [-0.05, 0) is 38.0 Å². The van der Waals surface area contributed by atoms with Gasteiger partial charge < -0.3 is 15.0 Å². The third-order valence-electron chi connectivity index (χ3n) is 3.44. The van der Waals surface area contributed by atoms with Crippen molar-refractivity contribution in [3.05, 3.63) is 11.7 Å². The number of hydrogen-bond donors (Lipinski definition) is 1. The summed E-state index contributed by atoms with van der Waals surface area (Å²) < 4.78 is 10.6. The van der Waals surface area contributed by atoms with E-state index in [1.54, 1.807) is 0 Å². The third kappa shape index (κ3) is 1.97. The van der Waals surface area contributed by atoms with Crippen LogP contribution in [0.1, 0.15) is 43.8 Å². The van der Waals surface area contributed by atoms with Crippen molar-refractivity contribution in [2.75, 3.05) is 6.61 Å². The van der Waals surface area contributed by atoms with Crippen molar-refractivity contribution in [2.45, 2.75) is 44.2 Å². The molecule has 5 heteroatoms. The van der Waals surface area contributed by atoms with Crippen LogP contribution in [-0.2, 0) is 16.9 Å². The standard InChI is InChI=1S/C11H17N3O2/c12-11(4-1-5-11)10-13-9(16-14-10)7-15-6-8-2-3-8/h8H,1-7,12H2. The van der Waals surface area contributed by atoms with Crippen molar-refractivity contribution in [3.8, 4) is 0 Å². The van der Waals surface area contributed by atoms with Gasteiger partial charge in [0.1, 0.15) is 6.61 Å². The van der Waals surface area contributed by atoms with Gasteiger partial charge in [-0.1, -0.05) is 5.16 Å². The van der Waals surface area contributed by atoms with Crippen LogP contribution in [0.2, 0.25) is 0 Å². The summed E-state index contributed by atoms with van der Waals surface area (Å²) >= 11 is 0. The molecule has 1 heterocycles. The molecule has 0 spiro atoms. The van der Waals surface area contributed by atoms with Crippen LogP contribution >= 0.6 is 0 Å². The molecule has 0 saturated heterocycles. The number of nitrogens with two attached hydrogens (primary N) is 1. The van der Waals surface area contributed by atoms with Crippen LogP contribution in [0.15, 0.2) is 4.52 Å². The molecule has 2 aliphatic carbocycles. The first-order valence-electron chi connectivity index (χ1n) is 5.96. The first-order chi connectivity index (χ1) is 7.76. The predicted octanol–water partition coefficient (Wildman–Crippen LogP) is 1.33. The highest BCUT2D eigenvalue weighted by atomic mass is 16.5. The summed E-state index contributed by atoms with van der Waals surface area (Å²) in [7, 11) is 0. The molecule has 0 aliphatic heterocycles. The summed E-state index contributed by atoms with van der Waals surface area (Å²) in [5.41, 5.74) is 5.76. The molecule has 0 atom stereocenters. The molecule has 5 nitrogen and oxygen atoms in total. The highest BCUT2D eigenvalue weighted by molar-refractivity contribution is 5.08. The molecule has 0 radical (unpaired) electrons. The Bertz CT molecular complexity index is 369. The third-order valence-corrected chi connectivity index (χ3v) is 3.44. The first kappa shape index (κ1) is 10.2. The van der Waals surface area contributed by atoms with Crippen LogP contribution in [0, 0.1) is 5.92 Å². The minimum absolute atomic E-state index is 0.335. The number of hydrogen-bond acceptors (Lipinski definition) is 5. The van der Waals surface area contributed by atoms with Crippen LogP contribution < -0.4 is 5.73 Å². The van der Waals surface area contributed by atoms with Crippen molar-refractivity contribution < 1.29 is 9.26 Å². The molecule has 0 bridgehead atoms. The Morgan fingerprint density at radius 1 is 1.44 bits per heavy atom. The fraction of sp³-hybridized carbons (Fsp3) is 0.818. The molecule has 0 amide bonds. The molecule has 1 aromatic heterocycles. The van der Waals surface area contributed by atoms with Gasteiger partial charge in [-0.2, -0.15) is 4.98 Å². The quantitative estimate of drug-likeness (QED) is 0.815. The predicted molar refractivity (Wildman–Crippen MR) is 56.4 cm³/mol. The zero-order chi connectivity index (χ0) is 11.0. The molecule has 0 unspecified atom stereocenters. The van der Waals surface area contributed by atoms with Gasteiger partial charge in [0.15, 0.2) is 5.82 Å². The van der Waals surface area contributed by atoms with Crippen LogP contribution in [0.25, 0.3) is 0 Å². The summed E-state index contributed by atoms with van der Waals surface area (Å²) in [6.45, 7) is 1.23. The summed E-state index contributed by atoms with van der Waals surface area (Å²) in [5.74, 6) is 1.95. The molecular formula is C11H17N3O2. The van der Waals surface area contributed by atoms with Crippen molar-refractivity contribution in [1.82, 2.24) is 10.1 Å². The number of nitrogens with zero attached hydrogens (tertiary/aromatic N) is 2. The van der Waals surface area contributed by atoms with E-state index in [1.165, 1.54) is 12.8 Å². The number of rotatable bonds is 5. The average molecular weight is 223 g/mol. The second-order valence-corrected chi connectivity index (χ2v) is 4.98. The summed E-state index contributed by atoms with van der Waals surface area (Å²) in [6.07, 6.45) is 5.64. The zero-order valence-electron chi connectivity index (χ0n) is 9.32. The monoisotopic (exact) mass is 223 g/mol. The van der Waals surface area contributed by atoms with Gasteiger partial charge in [0, 0.05) is 0 Å². The van der Waals surface area contributed by atoms with Crippen molar-refractivity contribution in [2.24, 2.45) is 11.7 Å². The molecule has 1 aromatic rings. The smallest absolute Gasteiger partial charge is 0.252 e. The molecular weight excluding hydrogens is 206 g/mol. The van der Waals surface area contributed by atoms with Crippen LogP contribution in [0.4, 0.5) is 0 Å². The molecule has 0 aromatic carbocycles. The van der Waals surface area contributed by atoms with Gasteiger partial charge in [0.05, 0.1) is 12.1 Å². The van der Waals surface area contributed by atoms with Gasteiger partial charge in [-0.3, -0.25) is 0 Å². The van der Waals surface area contributed by atoms with E-state index < -0.39 is 0 Å². The molecule has 16 heavy (non-hydrogen) atoms. The fourth-order valence-corrected chi connectivity index (χ4v) is 1.89. The maximum atomic E-state index is 6.10. The highest BCUT2D eigenvalue weighted by Gasteiger charge is 2.38. The van der Waals surface area contributed by atoms with E-state index in [1.807, 2.05) is 0 Å². The van der Waals surface area contributed by atoms with Crippen LogP contribution in [0.5, 0.6) is 0 Å². The van der Waals surface area contributed by atoms with Crippen molar-refractivity contribution >= 4 is 0 Å². The number of aromatic nitrogens is 2. The SMILES string of the molecule is NC1(c2noc(COCC3CC3)n2)CCC1. The van der Waals surface area contributed by atoms with E-state index in [-0.39, 0.29) is 5.54 Å². The van der Waals surface area contributed by atoms with Gasteiger partial charge in [-0.15, -0.1) is 0 Å². The minimum atomic E-state index is -0.335. The maximum absolute atomic E-state index is 6.10. The number of ether oxygens (including phenoxy) is 1. The molecule has 2 saturated carbocycles. The summed E-state index contributed by atoms with van der Waals surface area (Å²) in [5, 5.41) is 3.93. The van der Waals surface area contributed by atoms with E-state index in [4.69, 9.17) is 15.0 Å². The van der Waals surface area contributed by atoms with Crippen LogP contribution in [-0.4, -0.2) is 16.7 Å². The van der Waals surface area contributed by atoms with E-state index in [9.17, 15) is 0 Å². The second-order valence-electron chi connectivity index (χ2n) is 4.98. The Balaban J connectivity index is 1.54. The summed E-state index contributed by atoms with van der Waals surface area (Å²) in [6, 6.07) is 0. The largest absolute Gasteiger partial charge is 0.371 e. The molecule has 3 rings (SSSR count). The van der Waals surface area contributed by atoms with Crippen molar-refractivity contribution in [3.63, 3.8) is 0 Å². The average Bonchev–Trinajstić information content (AvgIpc) is 2.92. The minimum Gasteiger partial charge on any atom is -0.371 e. The van der Waals surface area contributed by atoms with E-state index >= 15 is 0 Å². The highest BCUT2D eigenvalue weighted by Crippen LogP contribution is 2.36. The van der Waals surface area contributed by atoms with E-state index in [0.717, 1.165) is 31.8 Å². The lowest BCUT2D eigenvalue weighted by Crippen LogP contribution is -2.44. The Morgan fingerprint density at radius 2 is 2.25 bits per heavy atom. The summed E-state index contributed by atoms with van der Waals surface area (Å²) in [4.78, 5) is 4.29. The molecule has 2 fully saturated rings. The van der Waals surface area contributed by atoms with E-state index in [2.05, 4.69) is 10.1 Å². The molecule has 2 aliphatic rings. The van der Waals surface area contributed by atoms with Gasteiger partial charge in [-0.25, -0.2) is 0 Å². The Hall–Kier alpha value is -0.940. The molecule has 2 N–H and O–H groups in total. The maximum Gasteiger partial charge on any atom is 0.252 e.